The summed E-state index contributed by atoms with van der Waals surface area (Å²) >= 11 is 0. The van der Waals surface area contributed by atoms with Crippen LogP contribution in [0.4, 0.5) is 4.39 Å². The van der Waals surface area contributed by atoms with Gasteiger partial charge in [-0.15, -0.1) is 0 Å². The maximum Gasteiger partial charge on any atom is 0.246 e. The minimum atomic E-state index is -0.450. The number of hydrogen-bond acceptors (Lipinski definition) is 4. The van der Waals surface area contributed by atoms with Gasteiger partial charge < -0.3 is 10.2 Å². The normalized spacial score (nSPS) is 23.1. The van der Waals surface area contributed by atoms with Crippen molar-refractivity contribution in [1.29, 1.82) is 0 Å². The molecule has 0 saturated carbocycles. The van der Waals surface area contributed by atoms with E-state index < -0.39 is 12.1 Å². The van der Waals surface area contributed by atoms with Crippen LogP contribution >= 0.6 is 0 Å². The summed E-state index contributed by atoms with van der Waals surface area (Å²) in [6.07, 6.45) is 3.61. The predicted molar refractivity (Wildman–Crippen MR) is 101 cm³/mol. The van der Waals surface area contributed by atoms with Gasteiger partial charge >= 0.3 is 0 Å². The first-order chi connectivity index (χ1) is 13.4. The lowest BCUT2D eigenvalue weighted by Crippen LogP contribution is -2.70. The molecule has 7 nitrogen and oxygen atoms in total. The number of piperazine rings is 2. The zero-order valence-corrected chi connectivity index (χ0v) is 16.0. The first-order valence-corrected chi connectivity index (χ1v) is 9.55. The molecule has 2 amide bonds. The van der Waals surface area contributed by atoms with E-state index in [2.05, 4.69) is 15.3 Å². The number of aromatic nitrogens is 2. The zero-order chi connectivity index (χ0) is 19.8. The van der Waals surface area contributed by atoms with E-state index in [-0.39, 0.29) is 23.5 Å². The number of nitrogens with one attached hydrogen (secondary N) is 1. The number of carbonyl (C=O) groups is 2. The van der Waals surface area contributed by atoms with Gasteiger partial charge in [0, 0.05) is 37.9 Å². The minimum Gasteiger partial charge on any atom is -0.342 e. The molecule has 28 heavy (non-hydrogen) atoms. The van der Waals surface area contributed by atoms with Gasteiger partial charge in [0.05, 0.1) is 11.9 Å². The van der Waals surface area contributed by atoms with E-state index in [1.165, 1.54) is 12.1 Å². The first-order valence-electron chi connectivity index (χ1n) is 9.55. The van der Waals surface area contributed by atoms with Crippen LogP contribution < -0.4 is 5.32 Å². The molecule has 2 aliphatic heterocycles. The van der Waals surface area contributed by atoms with Crippen LogP contribution in [0.1, 0.15) is 19.4 Å². The van der Waals surface area contributed by atoms with Crippen molar-refractivity contribution in [2.75, 3.05) is 19.6 Å². The molecule has 2 fully saturated rings. The van der Waals surface area contributed by atoms with Gasteiger partial charge in [-0.3, -0.25) is 14.5 Å². The average molecular weight is 385 g/mol. The SMILES string of the molecule is CC(C)[C@H]1NC(=O)[C@H]2CN(Cc3cnn(-c4cccc(F)c4)c3)CCN2C1=O. The smallest absolute Gasteiger partial charge is 0.246 e. The van der Waals surface area contributed by atoms with Crippen molar-refractivity contribution in [1.82, 2.24) is 24.9 Å². The molecule has 8 heteroatoms. The lowest BCUT2D eigenvalue weighted by atomic mass is 9.96. The summed E-state index contributed by atoms with van der Waals surface area (Å²) in [6.45, 7) is 6.23. The van der Waals surface area contributed by atoms with Gasteiger partial charge in [0.15, 0.2) is 0 Å². The number of halogens is 1. The maximum absolute atomic E-state index is 13.4. The maximum atomic E-state index is 13.4. The van der Waals surface area contributed by atoms with Crippen LogP contribution in [0.2, 0.25) is 0 Å². The standard InChI is InChI=1S/C20H24FN5O2/c1-13(2)18-20(28)25-7-6-24(12-17(25)19(27)23-18)10-14-9-22-26(11-14)16-5-3-4-15(21)8-16/h3-5,8-9,11,13,17-18H,6-7,10,12H2,1-2H3,(H,23,27)/t17-,18-/m1/s1. The van der Waals surface area contributed by atoms with Crippen LogP contribution in [0, 0.1) is 11.7 Å². The molecule has 2 aliphatic rings. The Morgan fingerprint density at radius 2 is 2.11 bits per heavy atom. The highest BCUT2D eigenvalue weighted by Gasteiger charge is 2.44. The fraction of sp³-hybridized carbons (Fsp3) is 0.450. The topological polar surface area (TPSA) is 70.5 Å². The highest BCUT2D eigenvalue weighted by molar-refractivity contribution is 5.97. The Morgan fingerprint density at radius 3 is 2.86 bits per heavy atom. The molecule has 1 N–H and O–H groups in total. The van der Waals surface area contributed by atoms with E-state index in [0.717, 1.165) is 5.56 Å². The summed E-state index contributed by atoms with van der Waals surface area (Å²) in [6, 6.07) is 5.39. The van der Waals surface area contributed by atoms with Crippen molar-refractivity contribution < 1.29 is 14.0 Å². The zero-order valence-electron chi connectivity index (χ0n) is 16.0. The second-order valence-corrected chi connectivity index (χ2v) is 7.79. The molecule has 2 saturated heterocycles. The molecule has 2 atom stereocenters. The van der Waals surface area contributed by atoms with Crippen LogP contribution in [0.15, 0.2) is 36.7 Å². The Bertz CT molecular complexity index is 896. The van der Waals surface area contributed by atoms with Crippen molar-refractivity contribution in [2.24, 2.45) is 5.92 Å². The Kier molecular flexibility index (Phi) is 4.89. The van der Waals surface area contributed by atoms with Crippen molar-refractivity contribution in [3.05, 3.63) is 48.0 Å². The van der Waals surface area contributed by atoms with Gasteiger partial charge in [-0.2, -0.15) is 5.10 Å². The van der Waals surface area contributed by atoms with Crippen molar-refractivity contribution in [2.45, 2.75) is 32.5 Å². The summed E-state index contributed by atoms with van der Waals surface area (Å²) in [4.78, 5) is 29.0. The Balaban J connectivity index is 1.43. The van der Waals surface area contributed by atoms with E-state index in [4.69, 9.17) is 0 Å². The molecule has 0 aliphatic carbocycles. The number of amides is 2. The van der Waals surface area contributed by atoms with Crippen LogP contribution in [-0.2, 0) is 16.1 Å². The molecular formula is C20H24FN5O2. The molecule has 0 unspecified atom stereocenters. The van der Waals surface area contributed by atoms with Crippen LogP contribution in [-0.4, -0.2) is 63.1 Å². The molecule has 0 bridgehead atoms. The fourth-order valence-electron chi connectivity index (χ4n) is 3.87. The van der Waals surface area contributed by atoms with Crippen molar-refractivity contribution in [3.63, 3.8) is 0 Å². The summed E-state index contributed by atoms with van der Waals surface area (Å²) in [5, 5.41) is 7.18. The van der Waals surface area contributed by atoms with Gasteiger partial charge in [0.2, 0.25) is 11.8 Å². The van der Waals surface area contributed by atoms with Crippen molar-refractivity contribution >= 4 is 11.8 Å². The van der Waals surface area contributed by atoms with Crippen molar-refractivity contribution in [3.8, 4) is 5.69 Å². The highest BCUT2D eigenvalue weighted by Crippen LogP contribution is 2.21. The number of carbonyl (C=O) groups excluding carboxylic acids is 2. The van der Waals surface area contributed by atoms with Gasteiger partial charge in [0.1, 0.15) is 17.9 Å². The number of hydrogen-bond donors (Lipinski definition) is 1. The van der Waals surface area contributed by atoms with Crippen LogP contribution in [0.25, 0.3) is 5.69 Å². The highest BCUT2D eigenvalue weighted by atomic mass is 19.1. The van der Waals surface area contributed by atoms with E-state index >= 15 is 0 Å². The molecule has 3 heterocycles. The fourth-order valence-corrected chi connectivity index (χ4v) is 3.87. The summed E-state index contributed by atoms with van der Waals surface area (Å²) < 4.78 is 15.1. The lowest BCUT2D eigenvalue weighted by molar-refractivity contribution is -0.154. The van der Waals surface area contributed by atoms with E-state index in [0.29, 0.717) is 31.9 Å². The average Bonchev–Trinajstić information content (AvgIpc) is 3.13. The number of nitrogens with zero attached hydrogens (tertiary/aromatic N) is 4. The van der Waals surface area contributed by atoms with Crippen LogP contribution in [0.3, 0.4) is 0 Å². The number of fused-ring (bicyclic) bond motifs is 1. The molecule has 1 aromatic heterocycles. The molecular weight excluding hydrogens is 361 g/mol. The third-order valence-electron chi connectivity index (χ3n) is 5.40. The van der Waals surface area contributed by atoms with Gasteiger partial charge in [0.25, 0.3) is 0 Å². The second-order valence-electron chi connectivity index (χ2n) is 7.79. The molecule has 1 aromatic carbocycles. The molecule has 148 valence electrons. The summed E-state index contributed by atoms with van der Waals surface area (Å²) in [7, 11) is 0. The number of rotatable bonds is 4. The molecule has 4 rings (SSSR count). The largest absolute Gasteiger partial charge is 0.342 e. The Hall–Kier alpha value is -2.74. The molecule has 0 radical (unpaired) electrons. The quantitative estimate of drug-likeness (QED) is 0.858. The minimum absolute atomic E-state index is 0.0122. The lowest BCUT2D eigenvalue weighted by Gasteiger charge is -2.46. The summed E-state index contributed by atoms with van der Waals surface area (Å²) in [5.41, 5.74) is 1.63. The summed E-state index contributed by atoms with van der Waals surface area (Å²) in [5.74, 6) is -0.306. The third kappa shape index (κ3) is 3.52. The van der Waals surface area contributed by atoms with Gasteiger partial charge in [-0.25, -0.2) is 9.07 Å². The Labute approximate surface area is 163 Å². The monoisotopic (exact) mass is 385 g/mol. The third-order valence-corrected chi connectivity index (χ3v) is 5.40. The second kappa shape index (κ2) is 7.35. The first kappa shape index (κ1) is 18.6. The van der Waals surface area contributed by atoms with E-state index in [9.17, 15) is 14.0 Å². The van der Waals surface area contributed by atoms with Gasteiger partial charge in [-0.1, -0.05) is 19.9 Å². The molecule has 0 spiro atoms. The van der Waals surface area contributed by atoms with Crippen LogP contribution in [0.5, 0.6) is 0 Å². The van der Waals surface area contributed by atoms with E-state index in [1.807, 2.05) is 20.0 Å². The molecule has 2 aromatic rings. The van der Waals surface area contributed by atoms with E-state index in [1.54, 1.807) is 27.9 Å². The number of benzene rings is 1. The predicted octanol–water partition coefficient (Wildman–Crippen LogP) is 1.18. The Morgan fingerprint density at radius 1 is 1.29 bits per heavy atom. The van der Waals surface area contributed by atoms with Gasteiger partial charge in [-0.05, 0) is 24.1 Å².